The van der Waals surface area contributed by atoms with Crippen LogP contribution in [0, 0.1) is 11.8 Å². The van der Waals surface area contributed by atoms with Gasteiger partial charge in [0.05, 0.1) is 6.04 Å². The lowest BCUT2D eigenvalue weighted by Crippen LogP contribution is -2.52. The third kappa shape index (κ3) is 10.9. The van der Waals surface area contributed by atoms with Crippen LogP contribution < -0.4 is 16.0 Å². The maximum absolute atomic E-state index is 12.1. The molecule has 3 amide bonds. The minimum atomic E-state index is -1.23. The molecule has 1 aromatic carbocycles. The van der Waals surface area contributed by atoms with Crippen molar-refractivity contribution >= 4 is 18.1 Å². The molecule has 0 fully saturated rings. The molecule has 0 unspecified atom stereocenters. The van der Waals surface area contributed by atoms with Crippen LogP contribution in [0.25, 0.3) is 0 Å². The average Bonchev–Trinajstić information content (AvgIpc) is 2.67. The zero-order chi connectivity index (χ0) is 22.6. The van der Waals surface area contributed by atoms with Crippen LogP contribution in [0.2, 0.25) is 0 Å². The predicted octanol–water partition coefficient (Wildman–Crippen LogP) is 1.31. The highest BCUT2D eigenvalue weighted by Gasteiger charge is 2.22. The van der Waals surface area contributed by atoms with Crippen molar-refractivity contribution in [3.05, 3.63) is 35.9 Å². The highest BCUT2D eigenvalue weighted by atomic mass is 16.6. The van der Waals surface area contributed by atoms with E-state index in [4.69, 9.17) is 9.47 Å². The number of hydrogen-bond donors (Lipinski definition) is 4. The highest BCUT2D eigenvalue weighted by molar-refractivity contribution is 5.82. The third-order valence-corrected chi connectivity index (χ3v) is 3.49. The van der Waals surface area contributed by atoms with Gasteiger partial charge < -0.3 is 30.5 Å². The van der Waals surface area contributed by atoms with Crippen molar-refractivity contribution in [1.29, 1.82) is 0 Å². The van der Waals surface area contributed by atoms with Gasteiger partial charge in [-0.05, 0) is 33.3 Å². The van der Waals surface area contributed by atoms with Crippen molar-refractivity contribution in [1.82, 2.24) is 16.0 Å². The number of nitrogens with one attached hydrogen (secondary N) is 3. The molecule has 2 atom stereocenters. The Bertz CT molecular complexity index is 764. The Balaban J connectivity index is 2.51. The molecule has 1 aromatic rings. The summed E-state index contributed by atoms with van der Waals surface area (Å²) in [6, 6.07) is 8.23. The average molecular weight is 419 g/mol. The Labute approximate surface area is 176 Å². The fraction of sp³-hybridized carbons (Fsp3) is 0.476. The fourth-order valence-electron chi connectivity index (χ4n) is 2.18. The van der Waals surface area contributed by atoms with E-state index in [1.807, 2.05) is 30.3 Å². The SMILES string of the molecule is CC#C[C@H](O)[C@H](CNC(=O)OCc1ccccc1)NC(=O)CNC(=O)OC(C)(C)C. The number of hydrogen-bond acceptors (Lipinski definition) is 6. The van der Waals surface area contributed by atoms with E-state index < -0.39 is 35.8 Å². The molecule has 0 spiro atoms. The molecule has 0 saturated carbocycles. The van der Waals surface area contributed by atoms with Gasteiger partial charge >= 0.3 is 12.2 Å². The van der Waals surface area contributed by atoms with E-state index in [0.717, 1.165) is 5.56 Å². The molecule has 0 bridgehead atoms. The minimum absolute atomic E-state index is 0.0842. The van der Waals surface area contributed by atoms with Gasteiger partial charge in [0.2, 0.25) is 5.91 Å². The number of aliphatic hydroxyl groups is 1. The summed E-state index contributed by atoms with van der Waals surface area (Å²) in [5.41, 5.74) is 0.127. The summed E-state index contributed by atoms with van der Waals surface area (Å²) < 4.78 is 10.1. The van der Waals surface area contributed by atoms with Crippen molar-refractivity contribution in [2.45, 2.75) is 52.0 Å². The fourth-order valence-corrected chi connectivity index (χ4v) is 2.18. The summed E-state index contributed by atoms with van der Waals surface area (Å²) in [5.74, 6) is 4.48. The lowest BCUT2D eigenvalue weighted by Gasteiger charge is -2.22. The van der Waals surface area contributed by atoms with E-state index >= 15 is 0 Å². The van der Waals surface area contributed by atoms with Gasteiger partial charge in [-0.1, -0.05) is 36.3 Å². The van der Waals surface area contributed by atoms with Crippen molar-refractivity contribution in [3.63, 3.8) is 0 Å². The van der Waals surface area contributed by atoms with Crippen LogP contribution in [0.15, 0.2) is 30.3 Å². The Hall–Kier alpha value is -3.25. The number of alkyl carbamates (subject to hydrolysis) is 2. The number of rotatable bonds is 8. The molecule has 0 aliphatic rings. The van der Waals surface area contributed by atoms with Crippen molar-refractivity contribution in [2.75, 3.05) is 13.1 Å². The minimum Gasteiger partial charge on any atom is -0.445 e. The summed E-state index contributed by atoms with van der Waals surface area (Å²) >= 11 is 0. The van der Waals surface area contributed by atoms with Gasteiger partial charge in [-0.25, -0.2) is 9.59 Å². The van der Waals surface area contributed by atoms with Gasteiger partial charge in [-0.2, -0.15) is 0 Å². The molecule has 0 radical (unpaired) electrons. The summed E-state index contributed by atoms with van der Waals surface area (Å²) in [6.07, 6.45) is -2.68. The smallest absolute Gasteiger partial charge is 0.408 e. The molecule has 1 rings (SSSR count). The summed E-state index contributed by atoms with van der Waals surface area (Å²) in [5, 5.41) is 17.4. The van der Waals surface area contributed by atoms with Crippen LogP contribution in [0.3, 0.4) is 0 Å². The molecule has 0 aliphatic heterocycles. The van der Waals surface area contributed by atoms with Crippen LogP contribution in [-0.2, 0) is 20.9 Å². The molecule has 4 N–H and O–H groups in total. The first kappa shape index (κ1) is 24.8. The Morgan fingerprint density at radius 1 is 1.10 bits per heavy atom. The van der Waals surface area contributed by atoms with Crippen LogP contribution >= 0.6 is 0 Å². The number of amides is 3. The maximum Gasteiger partial charge on any atom is 0.408 e. The molecule has 9 heteroatoms. The zero-order valence-corrected chi connectivity index (χ0v) is 17.7. The van der Waals surface area contributed by atoms with Gasteiger partial charge in [-0.15, -0.1) is 5.92 Å². The van der Waals surface area contributed by atoms with E-state index in [9.17, 15) is 19.5 Å². The first-order chi connectivity index (χ1) is 14.1. The van der Waals surface area contributed by atoms with E-state index in [1.165, 1.54) is 6.92 Å². The molecule has 0 aromatic heterocycles. The molecular weight excluding hydrogens is 390 g/mol. The lowest BCUT2D eigenvalue weighted by molar-refractivity contribution is -0.121. The number of benzene rings is 1. The maximum atomic E-state index is 12.1. The normalized spacial score (nSPS) is 12.4. The second-order valence-corrected chi connectivity index (χ2v) is 7.31. The summed E-state index contributed by atoms with van der Waals surface area (Å²) in [4.78, 5) is 35.6. The van der Waals surface area contributed by atoms with E-state index in [0.29, 0.717) is 0 Å². The molecule has 9 nitrogen and oxygen atoms in total. The van der Waals surface area contributed by atoms with Gasteiger partial charge in [0.1, 0.15) is 24.9 Å². The van der Waals surface area contributed by atoms with Gasteiger partial charge in [-0.3, -0.25) is 4.79 Å². The second-order valence-electron chi connectivity index (χ2n) is 7.31. The Morgan fingerprint density at radius 2 is 1.77 bits per heavy atom. The van der Waals surface area contributed by atoms with Crippen LogP contribution in [0.5, 0.6) is 0 Å². The number of ether oxygens (including phenoxy) is 2. The first-order valence-electron chi connectivity index (χ1n) is 9.42. The Morgan fingerprint density at radius 3 is 2.37 bits per heavy atom. The third-order valence-electron chi connectivity index (χ3n) is 3.49. The molecule has 0 aliphatic carbocycles. The van der Waals surface area contributed by atoms with Crippen LogP contribution in [-0.4, -0.2) is 54.0 Å². The number of carbonyl (C=O) groups excluding carboxylic acids is 3. The first-order valence-corrected chi connectivity index (χ1v) is 9.42. The molecule has 0 saturated heterocycles. The quantitative estimate of drug-likeness (QED) is 0.471. The molecule has 0 heterocycles. The van der Waals surface area contributed by atoms with E-state index in [-0.39, 0.29) is 19.7 Å². The van der Waals surface area contributed by atoms with Crippen molar-refractivity contribution in [2.24, 2.45) is 0 Å². The number of aliphatic hydroxyl groups excluding tert-OH is 1. The van der Waals surface area contributed by atoms with Gasteiger partial charge in [0.25, 0.3) is 0 Å². The monoisotopic (exact) mass is 419 g/mol. The second kappa shape index (κ2) is 12.3. The van der Waals surface area contributed by atoms with Gasteiger partial charge in [0.15, 0.2) is 0 Å². The Kier molecular flexibility index (Phi) is 10.2. The molecular formula is C21H29N3O6. The van der Waals surface area contributed by atoms with Crippen LogP contribution in [0.4, 0.5) is 9.59 Å². The largest absolute Gasteiger partial charge is 0.445 e. The standard InChI is InChI=1S/C21H29N3O6/c1-5-9-17(25)16(24-18(26)13-23-20(28)30-21(2,3)4)12-22-19(27)29-14-15-10-7-6-8-11-15/h6-8,10-11,16-17,25H,12-14H2,1-4H3,(H,22,27)(H,23,28)(H,24,26)/t16-,17-/m0/s1. The van der Waals surface area contributed by atoms with E-state index in [1.54, 1.807) is 20.8 Å². The number of carbonyl (C=O) groups is 3. The summed E-state index contributed by atoms with van der Waals surface area (Å²) in [6.45, 7) is 6.23. The van der Waals surface area contributed by atoms with E-state index in [2.05, 4.69) is 27.8 Å². The highest BCUT2D eigenvalue weighted by Crippen LogP contribution is 2.06. The lowest BCUT2D eigenvalue weighted by atomic mass is 10.1. The molecule has 164 valence electrons. The summed E-state index contributed by atoms with van der Waals surface area (Å²) in [7, 11) is 0. The van der Waals surface area contributed by atoms with Crippen molar-refractivity contribution in [3.8, 4) is 11.8 Å². The van der Waals surface area contributed by atoms with Crippen LogP contribution in [0.1, 0.15) is 33.3 Å². The molecule has 30 heavy (non-hydrogen) atoms. The van der Waals surface area contributed by atoms with Crippen molar-refractivity contribution < 1.29 is 29.0 Å². The van der Waals surface area contributed by atoms with Gasteiger partial charge in [0, 0.05) is 6.54 Å². The zero-order valence-electron chi connectivity index (χ0n) is 17.7. The predicted molar refractivity (Wildman–Crippen MR) is 110 cm³/mol. The topological polar surface area (TPSA) is 126 Å².